The highest BCUT2D eigenvalue weighted by Gasteiger charge is 2.14. The molecule has 0 atom stereocenters. The van der Waals surface area contributed by atoms with Crippen LogP contribution in [0.2, 0.25) is 5.02 Å². The molecule has 8 heteroatoms. The Balaban J connectivity index is 1.42. The van der Waals surface area contributed by atoms with Crippen LogP contribution in [0.25, 0.3) is 0 Å². The Labute approximate surface area is 186 Å². The van der Waals surface area contributed by atoms with Crippen LogP contribution in [0.3, 0.4) is 0 Å². The lowest BCUT2D eigenvalue weighted by Gasteiger charge is -2.08. The molecule has 0 aliphatic rings. The first-order valence-corrected chi connectivity index (χ1v) is 11.9. The topological polar surface area (TPSA) is 54.9 Å². The number of thioether (sulfide) groups is 1. The number of nitrogens with one attached hydrogen (secondary N) is 1. The minimum atomic E-state index is -0.154. The summed E-state index contributed by atoms with van der Waals surface area (Å²) in [4.78, 5) is 23.5. The molecule has 4 rings (SSSR count). The van der Waals surface area contributed by atoms with Gasteiger partial charge in [0.1, 0.15) is 0 Å². The van der Waals surface area contributed by atoms with Crippen LogP contribution in [-0.2, 0) is 12.2 Å². The van der Waals surface area contributed by atoms with Gasteiger partial charge < -0.3 is 0 Å². The largest absolute Gasteiger partial charge is 0.298 e. The Hall–Kier alpha value is -2.19. The first kappa shape index (κ1) is 20.1. The van der Waals surface area contributed by atoms with Crippen molar-refractivity contribution in [3.8, 4) is 0 Å². The van der Waals surface area contributed by atoms with Crippen LogP contribution in [0.5, 0.6) is 0 Å². The van der Waals surface area contributed by atoms with Crippen molar-refractivity contribution in [3.05, 3.63) is 92.3 Å². The molecule has 0 unspecified atom stereocenters. The first-order chi connectivity index (χ1) is 14.2. The van der Waals surface area contributed by atoms with Crippen LogP contribution >= 0.6 is 46.0 Å². The van der Waals surface area contributed by atoms with Crippen LogP contribution < -0.4 is 5.32 Å². The number of carbonyl (C=O) groups excluding carboxylic acids is 1. The van der Waals surface area contributed by atoms with Gasteiger partial charge in [0, 0.05) is 38.5 Å². The summed E-state index contributed by atoms with van der Waals surface area (Å²) < 4.78 is 0. The third kappa shape index (κ3) is 5.45. The van der Waals surface area contributed by atoms with Crippen molar-refractivity contribution in [1.29, 1.82) is 0 Å². The summed E-state index contributed by atoms with van der Waals surface area (Å²) in [5, 5.41) is 6.26. The van der Waals surface area contributed by atoms with E-state index in [-0.39, 0.29) is 5.91 Å². The molecule has 0 bridgehead atoms. The van der Waals surface area contributed by atoms with E-state index in [9.17, 15) is 4.79 Å². The number of amides is 1. The lowest BCUT2D eigenvalue weighted by molar-refractivity contribution is 0.102. The van der Waals surface area contributed by atoms with Crippen molar-refractivity contribution in [2.45, 2.75) is 17.1 Å². The molecule has 29 heavy (non-hydrogen) atoms. The fourth-order valence-corrected chi connectivity index (χ4v) is 5.24. The second kappa shape index (κ2) is 9.54. The minimum Gasteiger partial charge on any atom is -0.298 e. The average Bonchev–Trinajstić information content (AvgIpc) is 3.40. The summed E-state index contributed by atoms with van der Waals surface area (Å²) in [7, 11) is 0. The summed E-state index contributed by atoms with van der Waals surface area (Å²) in [5.41, 5.74) is 4.63. The van der Waals surface area contributed by atoms with E-state index in [2.05, 4.69) is 15.3 Å². The van der Waals surface area contributed by atoms with Crippen molar-refractivity contribution in [2.24, 2.45) is 0 Å². The molecule has 2 aromatic carbocycles. The van der Waals surface area contributed by atoms with E-state index in [4.69, 9.17) is 11.6 Å². The molecular formula is C21H16ClN3OS3. The van der Waals surface area contributed by atoms with Crippen molar-refractivity contribution in [1.82, 2.24) is 9.97 Å². The third-order valence-corrected chi connectivity index (χ3v) is 6.96. The van der Waals surface area contributed by atoms with Gasteiger partial charge >= 0.3 is 0 Å². The van der Waals surface area contributed by atoms with Crippen LogP contribution in [-0.4, -0.2) is 15.9 Å². The molecule has 2 aromatic heterocycles. The fraction of sp³-hybridized carbons (Fsp3) is 0.0952. The Bertz CT molecular complexity index is 1090. The molecule has 0 aliphatic carbocycles. The zero-order valence-electron chi connectivity index (χ0n) is 15.2. The third-order valence-electron chi connectivity index (χ3n) is 4.06. The number of anilines is 1. The highest BCUT2D eigenvalue weighted by atomic mass is 35.5. The fourth-order valence-electron chi connectivity index (χ4n) is 2.66. The molecule has 1 N–H and O–H groups in total. The number of carbonyl (C=O) groups is 1. The lowest BCUT2D eigenvalue weighted by atomic mass is 10.1. The molecule has 1 amide bonds. The predicted molar refractivity (Wildman–Crippen MR) is 122 cm³/mol. The lowest BCUT2D eigenvalue weighted by Crippen LogP contribution is -2.12. The van der Waals surface area contributed by atoms with Gasteiger partial charge in [-0.15, -0.1) is 34.4 Å². The van der Waals surface area contributed by atoms with Crippen molar-refractivity contribution in [2.75, 3.05) is 5.32 Å². The molecule has 0 radical (unpaired) electrons. The first-order valence-electron chi connectivity index (χ1n) is 8.77. The molecule has 0 aliphatic heterocycles. The van der Waals surface area contributed by atoms with E-state index < -0.39 is 0 Å². The van der Waals surface area contributed by atoms with Gasteiger partial charge in [-0.3, -0.25) is 10.1 Å². The van der Waals surface area contributed by atoms with Gasteiger partial charge in [-0.2, -0.15) is 0 Å². The van der Waals surface area contributed by atoms with E-state index in [0.29, 0.717) is 10.7 Å². The predicted octanol–water partition coefficient (Wildman–Crippen LogP) is 6.39. The number of halogens is 1. The minimum absolute atomic E-state index is 0.154. The zero-order chi connectivity index (χ0) is 20.1. The number of hydrogen-bond donors (Lipinski definition) is 1. The highest BCUT2D eigenvalue weighted by molar-refractivity contribution is 7.98. The molecule has 146 valence electrons. The van der Waals surface area contributed by atoms with E-state index in [1.54, 1.807) is 29.3 Å². The van der Waals surface area contributed by atoms with Crippen molar-refractivity contribution >= 4 is 57.1 Å². The maximum absolute atomic E-state index is 12.8. The van der Waals surface area contributed by atoms with Gasteiger partial charge in [0.2, 0.25) is 0 Å². The summed E-state index contributed by atoms with van der Waals surface area (Å²) in [5.74, 6) is 0.579. The number of thiazole rings is 2. The molecule has 4 aromatic rings. The Kier molecular flexibility index (Phi) is 6.61. The summed E-state index contributed by atoms with van der Waals surface area (Å²) in [6.07, 6.45) is 2.56. The normalized spacial score (nSPS) is 10.8. The second-order valence-electron chi connectivity index (χ2n) is 6.15. The van der Waals surface area contributed by atoms with E-state index in [0.717, 1.165) is 38.2 Å². The monoisotopic (exact) mass is 457 g/mol. The van der Waals surface area contributed by atoms with Gasteiger partial charge in [-0.1, -0.05) is 35.9 Å². The van der Waals surface area contributed by atoms with Crippen molar-refractivity contribution in [3.63, 3.8) is 0 Å². The van der Waals surface area contributed by atoms with Gasteiger partial charge in [-0.25, -0.2) is 9.97 Å². The molecule has 0 saturated carbocycles. The van der Waals surface area contributed by atoms with Gasteiger partial charge in [0.05, 0.1) is 16.8 Å². The molecular weight excluding hydrogens is 442 g/mol. The van der Waals surface area contributed by atoms with Gasteiger partial charge in [0.25, 0.3) is 5.91 Å². The van der Waals surface area contributed by atoms with Crippen LogP contribution in [0.4, 0.5) is 5.13 Å². The maximum Gasteiger partial charge on any atom is 0.258 e. The second-order valence-corrected chi connectivity index (χ2v) is 9.44. The number of benzene rings is 2. The molecule has 0 fully saturated rings. The van der Waals surface area contributed by atoms with E-state index in [1.807, 2.05) is 59.4 Å². The molecule has 2 heterocycles. The number of nitrogens with zero attached hydrogens (tertiary/aromatic N) is 2. The Morgan fingerprint density at radius 3 is 2.72 bits per heavy atom. The van der Waals surface area contributed by atoms with E-state index in [1.165, 1.54) is 11.3 Å². The summed E-state index contributed by atoms with van der Waals surface area (Å²) >= 11 is 10.6. The number of hydrogen-bond acceptors (Lipinski definition) is 6. The number of rotatable bonds is 7. The highest BCUT2D eigenvalue weighted by Crippen LogP contribution is 2.28. The Morgan fingerprint density at radius 2 is 1.93 bits per heavy atom. The van der Waals surface area contributed by atoms with Crippen LogP contribution in [0.1, 0.15) is 26.5 Å². The van der Waals surface area contributed by atoms with Crippen molar-refractivity contribution < 1.29 is 4.79 Å². The molecule has 4 nitrogen and oxygen atoms in total. The smallest absolute Gasteiger partial charge is 0.258 e. The Morgan fingerprint density at radius 1 is 1.10 bits per heavy atom. The van der Waals surface area contributed by atoms with E-state index >= 15 is 0 Å². The van der Waals surface area contributed by atoms with Crippen LogP contribution in [0.15, 0.2) is 70.5 Å². The SMILES string of the molecule is O=C(Nc1ncc(Cc2ccc(Cl)cc2)s1)c1ccccc1SCc1cscn1. The average molecular weight is 458 g/mol. The van der Waals surface area contributed by atoms with Gasteiger partial charge in [0.15, 0.2) is 5.13 Å². The molecule has 0 saturated heterocycles. The number of aromatic nitrogens is 2. The quantitative estimate of drug-likeness (QED) is 0.327. The molecule has 0 spiro atoms. The maximum atomic E-state index is 12.8. The van der Waals surface area contributed by atoms with Crippen LogP contribution in [0, 0.1) is 0 Å². The zero-order valence-corrected chi connectivity index (χ0v) is 18.4. The summed E-state index contributed by atoms with van der Waals surface area (Å²) in [6.45, 7) is 0. The van der Waals surface area contributed by atoms with Gasteiger partial charge in [-0.05, 0) is 29.8 Å². The standard InChI is InChI=1S/C21H16ClN3OS3/c22-15-7-5-14(6-8-15)9-17-10-23-21(29-17)25-20(26)18-3-1-2-4-19(18)28-12-16-11-27-13-24-16/h1-8,10-11,13H,9,12H2,(H,23,25,26). The summed E-state index contributed by atoms with van der Waals surface area (Å²) in [6, 6.07) is 15.3.